The van der Waals surface area contributed by atoms with Gasteiger partial charge in [-0.3, -0.25) is 18.7 Å². The van der Waals surface area contributed by atoms with Crippen LogP contribution >= 0.6 is 11.3 Å². The zero-order valence-corrected chi connectivity index (χ0v) is 18.4. The van der Waals surface area contributed by atoms with E-state index in [4.69, 9.17) is 4.74 Å². The molecule has 0 unspecified atom stereocenters. The molecule has 31 heavy (non-hydrogen) atoms. The molecule has 1 aliphatic rings. The third-order valence-corrected chi connectivity index (χ3v) is 6.29. The minimum Gasteiger partial charge on any atom is -0.494 e. The fourth-order valence-electron chi connectivity index (χ4n) is 3.68. The number of nitrogens with zero attached hydrogens (tertiary/aromatic N) is 4. The smallest absolute Gasteiger partial charge is 0.333 e. The van der Waals surface area contributed by atoms with Crippen molar-refractivity contribution in [3.63, 3.8) is 0 Å². The summed E-state index contributed by atoms with van der Waals surface area (Å²) in [7, 11) is 0. The summed E-state index contributed by atoms with van der Waals surface area (Å²) in [5, 5.41) is 3.51. The van der Waals surface area contributed by atoms with Crippen molar-refractivity contribution in [1.82, 2.24) is 14.1 Å². The van der Waals surface area contributed by atoms with Crippen LogP contribution in [0.5, 0.6) is 5.75 Å². The summed E-state index contributed by atoms with van der Waals surface area (Å²) in [6.45, 7) is 5.95. The zero-order chi connectivity index (χ0) is 22.0. The van der Waals surface area contributed by atoms with E-state index in [9.17, 15) is 14.4 Å². The minimum atomic E-state index is -0.528. The van der Waals surface area contributed by atoms with Crippen LogP contribution in [-0.4, -0.2) is 39.7 Å². The average molecular weight is 444 g/mol. The van der Waals surface area contributed by atoms with E-state index in [0.717, 1.165) is 35.6 Å². The molecule has 1 amide bonds. The third kappa shape index (κ3) is 4.20. The van der Waals surface area contributed by atoms with Gasteiger partial charge in [-0.25, -0.2) is 9.78 Å². The SMILES string of the molecule is CCOc1ccc(NC(=O)Cn2c(=O)n(CC)c(=O)c3sc(N4CCCC4)nc32)cc1. The summed E-state index contributed by atoms with van der Waals surface area (Å²) in [5.74, 6) is 0.343. The largest absolute Gasteiger partial charge is 0.494 e. The quantitative estimate of drug-likeness (QED) is 0.602. The molecule has 1 aromatic carbocycles. The molecule has 0 aliphatic carbocycles. The van der Waals surface area contributed by atoms with E-state index in [0.29, 0.717) is 22.7 Å². The summed E-state index contributed by atoms with van der Waals surface area (Å²) in [4.78, 5) is 45.2. The number of hydrogen-bond donors (Lipinski definition) is 1. The molecule has 3 heterocycles. The topological polar surface area (TPSA) is 98.5 Å². The molecule has 10 heteroatoms. The van der Waals surface area contributed by atoms with Gasteiger partial charge in [-0.2, -0.15) is 0 Å². The summed E-state index contributed by atoms with van der Waals surface area (Å²) < 4.78 is 8.25. The van der Waals surface area contributed by atoms with Crippen molar-refractivity contribution in [3.05, 3.63) is 45.1 Å². The number of fused-ring (bicyclic) bond motifs is 1. The molecule has 2 aromatic heterocycles. The lowest BCUT2D eigenvalue weighted by molar-refractivity contribution is -0.116. The molecule has 1 saturated heterocycles. The van der Waals surface area contributed by atoms with E-state index in [1.54, 1.807) is 31.2 Å². The predicted octanol–water partition coefficient (Wildman–Crippen LogP) is 2.28. The van der Waals surface area contributed by atoms with Gasteiger partial charge in [0.1, 0.15) is 17.0 Å². The minimum absolute atomic E-state index is 0.227. The van der Waals surface area contributed by atoms with Crippen LogP contribution in [-0.2, 0) is 17.9 Å². The number of amides is 1. The predicted molar refractivity (Wildman–Crippen MR) is 122 cm³/mol. The number of rotatable bonds is 7. The highest BCUT2D eigenvalue weighted by Crippen LogP contribution is 2.28. The van der Waals surface area contributed by atoms with Gasteiger partial charge in [0.2, 0.25) is 5.91 Å². The summed E-state index contributed by atoms with van der Waals surface area (Å²) in [5.41, 5.74) is -0.0141. The van der Waals surface area contributed by atoms with Crippen molar-refractivity contribution >= 4 is 38.4 Å². The maximum absolute atomic E-state index is 13.0. The second kappa shape index (κ2) is 8.93. The Balaban J connectivity index is 1.66. The molecule has 164 valence electrons. The molecule has 0 radical (unpaired) electrons. The van der Waals surface area contributed by atoms with Crippen molar-refractivity contribution in [1.29, 1.82) is 0 Å². The molecule has 0 saturated carbocycles. The lowest BCUT2D eigenvalue weighted by Gasteiger charge is -2.12. The lowest BCUT2D eigenvalue weighted by atomic mass is 10.3. The van der Waals surface area contributed by atoms with Crippen LogP contribution < -0.4 is 26.2 Å². The van der Waals surface area contributed by atoms with Crippen molar-refractivity contribution < 1.29 is 9.53 Å². The number of ether oxygens (including phenoxy) is 1. The van der Waals surface area contributed by atoms with Crippen molar-refractivity contribution in [3.8, 4) is 5.75 Å². The van der Waals surface area contributed by atoms with Crippen LogP contribution in [0.25, 0.3) is 10.3 Å². The average Bonchev–Trinajstić information content (AvgIpc) is 3.43. The first-order valence-electron chi connectivity index (χ1n) is 10.4. The number of thiazole rings is 1. The summed E-state index contributed by atoms with van der Waals surface area (Å²) in [6, 6.07) is 7.01. The fourth-order valence-corrected chi connectivity index (χ4v) is 4.75. The third-order valence-electron chi connectivity index (χ3n) is 5.20. The number of benzene rings is 1. The Hall–Kier alpha value is -3.14. The Kier molecular flexibility index (Phi) is 6.08. The molecule has 1 N–H and O–H groups in total. The Labute approximate surface area is 182 Å². The van der Waals surface area contributed by atoms with Crippen LogP contribution in [0, 0.1) is 0 Å². The molecular formula is C21H25N5O4S. The highest BCUT2D eigenvalue weighted by atomic mass is 32.1. The Morgan fingerprint density at radius 1 is 1.13 bits per heavy atom. The Bertz CT molecular complexity index is 1210. The Morgan fingerprint density at radius 3 is 2.48 bits per heavy atom. The number of carbonyl (C=O) groups is 1. The van der Waals surface area contributed by atoms with Gasteiger partial charge in [0.15, 0.2) is 10.8 Å². The van der Waals surface area contributed by atoms with E-state index in [-0.39, 0.29) is 30.2 Å². The molecule has 0 bridgehead atoms. The van der Waals surface area contributed by atoms with Gasteiger partial charge in [-0.1, -0.05) is 11.3 Å². The number of hydrogen-bond acceptors (Lipinski definition) is 7. The van der Waals surface area contributed by atoms with Crippen LogP contribution in [0.3, 0.4) is 0 Å². The first-order valence-corrected chi connectivity index (χ1v) is 11.2. The summed E-state index contributed by atoms with van der Waals surface area (Å²) in [6.07, 6.45) is 2.15. The molecule has 3 aromatic rings. The van der Waals surface area contributed by atoms with Gasteiger partial charge in [-0.15, -0.1) is 0 Å². The van der Waals surface area contributed by atoms with Crippen molar-refractivity contribution in [2.24, 2.45) is 0 Å². The van der Waals surface area contributed by atoms with Gasteiger partial charge in [-0.05, 0) is 51.0 Å². The Morgan fingerprint density at radius 2 is 1.84 bits per heavy atom. The van der Waals surface area contributed by atoms with Gasteiger partial charge in [0.05, 0.1) is 6.61 Å². The number of carbonyl (C=O) groups excluding carboxylic acids is 1. The van der Waals surface area contributed by atoms with Crippen LogP contribution in [0.4, 0.5) is 10.8 Å². The van der Waals surface area contributed by atoms with E-state index < -0.39 is 5.69 Å². The maximum atomic E-state index is 13.0. The van der Waals surface area contributed by atoms with Gasteiger partial charge in [0, 0.05) is 25.3 Å². The first-order chi connectivity index (χ1) is 15.0. The molecule has 0 atom stereocenters. The standard InChI is InChI=1S/C21H25N5O4S/c1-3-25-19(28)17-18(23-20(31-17)24-11-5-6-12-24)26(21(25)29)13-16(27)22-14-7-9-15(10-8-14)30-4-2/h7-10H,3-6,11-13H2,1-2H3,(H,22,27). The lowest BCUT2D eigenvalue weighted by Crippen LogP contribution is -2.41. The van der Waals surface area contributed by atoms with Gasteiger partial charge < -0.3 is 15.0 Å². The van der Waals surface area contributed by atoms with Crippen LogP contribution in [0.1, 0.15) is 26.7 Å². The molecule has 1 fully saturated rings. The second-order valence-electron chi connectivity index (χ2n) is 7.27. The first kappa shape index (κ1) is 21.1. The van der Waals surface area contributed by atoms with Crippen LogP contribution in [0.2, 0.25) is 0 Å². The molecule has 9 nitrogen and oxygen atoms in total. The maximum Gasteiger partial charge on any atom is 0.333 e. The monoisotopic (exact) mass is 443 g/mol. The van der Waals surface area contributed by atoms with Crippen molar-refractivity contribution in [2.75, 3.05) is 29.9 Å². The van der Waals surface area contributed by atoms with E-state index >= 15 is 0 Å². The van der Waals surface area contributed by atoms with Crippen molar-refractivity contribution in [2.45, 2.75) is 39.8 Å². The molecule has 0 spiro atoms. The fraction of sp³-hybridized carbons (Fsp3) is 0.429. The summed E-state index contributed by atoms with van der Waals surface area (Å²) >= 11 is 1.29. The number of aromatic nitrogens is 3. The number of nitrogens with one attached hydrogen (secondary N) is 1. The van der Waals surface area contributed by atoms with Crippen LogP contribution in [0.15, 0.2) is 33.9 Å². The number of anilines is 2. The van der Waals surface area contributed by atoms with Gasteiger partial charge in [0.25, 0.3) is 5.56 Å². The molecule has 1 aliphatic heterocycles. The highest BCUT2D eigenvalue weighted by molar-refractivity contribution is 7.22. The highest BCUT2D eigenvalue weighted by Gasteiger charge is 2.22. The molecule has 4 rings (SSSR count). The zero-order valence-electron chi connectivity index (χ0n) is 17.6. The van der Waals surface area contributed by atoms with Gasteiger partial charge >= 0.3 is 5.69 Å². The van der Waals surface area contributed by atoms with E-state index in [1.807, 2.05) is 6.92 Å². The second-order valence-corrected chi connectivity index (χ2v) is 8.24. The van der Waals surface area contributed by atoms with E-state index in [2.05, 4.69) is 15.2 Å². The molecular weight excluding hydrogens is 418 g/mol. The van der Waals surface area contributed by atoms with E-state index in [1.165, 1.54) is 15.9 Å². The normalized spacial score (nSPS) is 13.7.